The Balaban J connectivity index is 1.75. The van der Waals surface area contributed by atoms with Gasteiger partial charge in [0.1, 0.15) is 11.5 Å². The lowest BCUT2D eigenvalue weighted by atomic mass is 10.3. The molecule has 2 rings (SSSR count). The number of halogens is 1. The van der Waals surface area contributed by atoms with Gasteiger partial charge in [0.2, 0.25) is 0 Å². The van der Waals surface area contributed by atoms with Gasteiger partial charge in [0.15, 0.2) is 0 Å². The SMILES string of the molecule is COc1ccc(NCCNc2ccc(OC(C)C)cc2)cc1Cl. The van der Waals surface area contributed by atoms with Crippen LogP contribution in [0.1, 0.15) is 13.8 Å². The third-order valence-corrected chi connectivity index (χ3v) is 3.46. The molecule has 0 heterocycles. The van der Waals surface area contributed by atoms with Crippen molar-refractivity contribution in [3.8, 4) is 11.5 Å². The summed E-state index contributed by atoms with van der Waals surface area (Å²) in [5.74, 6) is 1.57. The summed E-state index contributed by atoms with van der Waals surface area (Å²) in [4.78, 5) is 0. The lowest BCUT2D eigenvalue weighted by Gasteiger charge is -2.12. The minimum atomic E-state index is 0.189. The number of hydrogen-bond acceptors (Lipinski definition) is 4. The molecule has 0 aliphatic heterocycles. The largest absolute Gasteiger partial charge is 0.495 e. The van der Waals surface area contributed by atoms with Crippen molar-refractivity contribution >= 4 is 23.0 Å². The minimum Gasteiger partial charge on any atom is -0.495 e. The third-order valence-electron chi connectivity index (χ3n) is 3.16. The highest BCUT2D eigenvalue weighted by Crippen LogP contribution is 2.27. The van der Waals surface area contributed by atoms with Crippen LogP contribution < -0.4 is 20.1 Å². The van der Waals surface area contributed by atoms with E-state index < -0.39 is 0 Å². The molecule has 0 amide bonds. The van der Waals surface area contributed by atoms with E-state index in [4.69, 9.17) is 21.1 Å². The first-order chi connectivity index (χ1) is 11.1. The second kappa shape index (κ2) is 8.53. The maximum absolute atomic E-state index is 6.10. The van der Waals surface area contributed by atoms with Gasteiger partial charge in [-0.1, -0.05) is 11.6 Å². The molecular weight excluding hydrogens is 312 g/mol. The first kappa shape index (κ1) is 17.3. The zero-order valence-electron chi connectivity index (χ0n) is 13.7. The summed E-state index contributed by atoms with van der Waals surface area (Å²) in [6.07, 6.45) is 0.189. The summed E-state index contributed by atoms with van der Waals surface area (Å²) in [6.45, 7) is 5.62. The lowest BCUT2D eigenvalue weighted by molar-refractivity contribution is 0.242. The van der Waals surface area contributed by atoms with Gasteiger partial charge in [0.05, 0.1) is 18.2 Å². The van der Waals surface area contributed by atoms with Gasteiger partial charge in [0, 0.05) is 24.5 Å². The molecular formula is C18H23ClN2O2. The molecule has 0 unspecified atom stereocenters. The van der Waals surface area contributed by atoms with Crippen molar-refractivity contribution < 1.29 is 9.47 Å². The molecule has 0 fully saturated rings. The first-order valence-corrected chi connectivity index (χ1v) is 8.04. The molecule has 0 saturated heterocycles. The fourth-order valence-electron chi connectivity index (χ4n) is 2.11. The molecule has 2 N–H and O–H groups in total. The second-order valence-electron chi connectivity index (χ2n) is 5.39. The van der Waals surface area contributed by atoms with Crippen LogP contribution in [-0.2, 0) is 0 Å². The highest BCUT2D eigenvalue weighted by atomic mass is 35.5. The number of benzene rings is 2. The molecule has 0 spiro atoms. The fourth-order valence-corrected chi connectivity index (χ4v) is 2.37. The van der Waals surface area contributed by atoms with Gasteiger partial charge in [0.25, 0.3) is 0 Å². The first-order valence-electron chi connectivity index (χ1n) is 7.66. The van der Waals surface area contributed by atoms with Gasteiger partial charge in [-0.25, -0.2) is 0 Å². The number of rotatable bonds is 8. The van der Waals surface area contributed by atoms with E-state index in [0.717, 1.165) is 30.2 Å². The Kier molecular flexibility index (Phi) is 6.41. The molecule has 2 aromatic carbocycles. The van der Waals surface area contributed by atoms with Gasteiger partial charge in [-0.3, -0.25) is 0 Å². The van der Waals surface area contributed by atoms with Crippen LogP contribution in [0, 0.1) is 0 Å². The molecule has 0 radical (unpaired) electrons. The van der Waals surface area contributed by atoms with E-state index in [1.54, 1.807) is 7.11 Å². The molecule has 2 aromatic rings. The van der Waals surface area contributed by atoms with E-state index in [0.29, 0.717) is 10.8 Å². The smallest absolute Gasteiger partial charge is 0.137 e. The average molecular weight is 335 g/mol. The van der Waals surface area contributed by atoms with Crippen molar-refractivity contribution in [3.63, 3.8) is 0 Å². The monoisotopic (exact) mass is 334 g/mol. The number of nitrogens with one attached hydrogen (secondary N) is 2. The number of anilines is 2. The maximum atomic E-state index is 6.10. The van der Waals surface area contributed by atoms with Gasteiger partial charge < -0.3 is 20.1 Å². The Morgan fingerprint density at radius 3 is 2.13 bits per heavy atom. The normalized spacial score (nSPS) is 10.5. The van der Waals surface area contributed by atoms with Crippen LogP contribution in [-0.4, -0.2) is 26.3 Å². The molecule has 0 aliphatic carbocycles. The Bertz CT molecular complexity index is 615. The topological polar surface area (TPSA) is 42.5 Å². The van der Waals surface area contributed by atoms with Gasteiger partial charge in [-0.05, 0) is 56.3 Å². The van der Waals surface area contributed by atoms with Crippen LogP contribution >= 0.6 is 11.6 Å². The van der Waals surface area contributed by atoms with Gasteiger partial charge in [-0.15, -0.1) is 0 Å². The quantitative estimate of drug-likeness (QED) is 0.689. The Morgan fingerprint density at radius 2 is 1.57 bits per heavy atom. The predicted octanol–water partition coefficient (Wildman–Crippen LogP) is 4.66. The molecule has 0 aliphatic rings. The van der Waals surface area contributed by atoms with Crippen molar-refractivity contribution in [2.45, 2.75) is 20.0 Å². The van der Waals surface area contributed by atoms with Crippen LogP contribution in [0.5, 0.6) is 11.5 Å². The van der Waals surface area contributed by atoms with Crippen LogP contribution in [0.2, 0.25) is 5.02 Å². The zero-order valence-corrected chi connectivity index (χ0v) is 14.5. The van der Waals surface area contributed by atoms with Gasteiger partial charge in [-0.2, -0.15) is 0 Å². The minimum absolute atomic E-state index is 0.189. The van der Waals surface area contributed by atoms with E-state index in [1.807, 2.05) is 56.3 Å². The standard InChI is InChI=1S/C18H23ClN2O2/c1-13(2)23-16-7-4-14(5-8-16)20-10-11-21-15-6-9-18(22-3)17(19)12-15/h4-9,12-13,20-21H,10-11H2,1-3H3. The highest BCUT2D eigenvalue weighted by Gasteiger charge is 2.01. The second-order valence-corrected chi connectivity index (χ2v) is 5.80. The summed E-state index contributed by atoms with van der Waals surface area (Å²) in [5.41, 5.74) is 2.04. The van der Waals surface area contributed by atoms with Crippen LogP contribution in [0.3, 0.4) is 0 Å². The lowest BCUT2D eigenvalue weighted by Crippen LogP contribution is -2.13. The Hall–Kier alpha value is -2.07. The Morgan fingerprint density at radius 1 is 0.957 bits per heavy atom. The summed E-state index contributed by atoms with van der Waals surface area (Å²) >= 11 is 6.10. The van der Waals surface area contributed by atoms with Crippen molar-refractivity contribution in [3.05, 3.63) is 47.5 Å². The zero-order chi connectivity index (χ0) is 16.7. The van der Waals surface area contributed by atoms with E-state index in [2.05, 4.69) is 10.6 Å². The predicted molar refractivity (Wildman–Crippen MR) is 97.2 cm³/mol. The molecule has 0 saturated carbocycles. The maximum Gasteiger partial charge on any atom is 0.137 e. The summed E-state index contributed by atoms with van der Waals surface area (Å²) in [7, 11) is 1.61. The number of hydrogen-bond donors (Lipinski definition) is 2. The van der Waals surface area contributed by atoms with Gasteiger partial charge >= 0.3 is 0 Å². The molecule has 0 aromatic heterocycles. The summed E-state index contributed by atoms with van der Waals surface area (Å²) in [6, 6.07) is 13.6. The van der Waals surface area contributed by atoms with Crippen molar-refractivity contribution in [1.82, 2.24) is 0 Å². The van der Waals surface area contributed by atoms with Crippen LogP contribution in [0.4, 0.5) is 11.4 Å². The number of ether oxygens (including phenoxy) is 2. The molecule has 0 bridgehead atoms. The van der Waals surface area contributed by atoms with Crippen LogP contribution in [0.15, 0.2) is 42.5 Å². The molecule has 5 heteroatoms. The molecule has 124 valence electrons. The van der Waals surface area contributed by atoms with Crippen molar-refractivity contribution in [1.29, 1.82) is 0 Å². The van der Waals surface area contributed by atoms with E-state index in [9.17, 15) is 0 Å². The number of methoxy groups -OCH3 is 1. The molecule has 23 heavy (non-hydrogen) atoms. The Labute approximate surface area is 142 Å². The third kappa shape index (κ3) is 5.57. The van der Waals surface area contributed by atoms with Crippen molar-refractivity contribution in [2.24, 2.45) is 0 Å². The fraction of sp³-hybridized carbons (Fsp3) is 0.333. The molecule has 0 atom stereocenters. The van der Waals surface area contributed by atoms with E-state index >= 15 is 0 Å². The summed E-state index contributed by atoms with van der Waals surface area (Å²) < 4.78 is 10.8. The summed E-state index contributed by atoms with van der Waals surface area (Å²) in [5, 5.41) is 7.28. The van der Waals surface area contributed by atoms with Crippen LogP contribution in [0.25, 0.3) is 0 Å². The average Bonchev–Trinajstić information content (AvgIpc) is 2.53. The van der Waals surface area contributed by atoms with Crippen molar-refractivity contribution in [2.75, 3.05) is 30.8 Å². The van der Waals surface area contributed by atoms with E-state index in [-0.39, 0.29) is 6.10 Å². The highest BCUT2D eigenvalue weighted by molar-refractivity contribution is 6.32. The molecule has 4 nitrogen and oxygen atoms in total. The van der Waals surface area contributed by atoms with E-state index in [1.165, 1.54) is 0 Å².